The van der Waals surface area contributed by atoms with Crippen LogP contribution in [0.25, 0.3) is 0 Å². The predicted molar refractivity (Wildman–Crippen MR) is 74.3 cm³/mol. The van der Waals surface area contributed by atoms with Gasteiger partial charge >= 0.3 is 0 Å². The van der Waals surface area contributed by atoms with Gasteiger partial charge in [0, 0.05) is 27.3 Å². The van der Waals surface area contributed by atoms with Gasteiger partial charge in [0.1, 0.15) is 0 Å². The van der Waals surface area contributed by atoms with Crippen LogP contribution < -0.4 is 5.32 Å². The maximum Gasteiger partial charge on any atom is 0.261 e. The van der Waals surface area contributed by atoms with Gasteiger partial charge in [-0.15, -0.1) is 0 Å². The molecule has 1 aromatic rings. The number of hydrogen-bond acceptors (Lipinski definition) is 3. The smallest absolute Gasteiger partial charge is 0.261 e. The minimum absolute atomic E-state index is 0.126. The fourth-order valence-electron chi connectivity index (χ4n) is 1.17. The minimum atomic E-state index is -3.87. The van der Waals surface area contributed by atoms with Crippen molar-refractivity contribution < 1.29 is 13.2 Å². The van der Waals surface area contributed by atoms with Gasteiger partial charge in [0.15, 0.2) is 0 Å². The highest BCUT2D eigenvalue weighted by atomic mass is 79.9. The molecule has 1 N–H and O–H groups in total. The van der Waals surface area contributed by atoms with Crippen molar-refractivity contribution in [2.24, 2.45) is 0 Å². The van der Waals surface area contributed by atoms with E-state index >= 15 is 0 Å². The Labute approximate surface area is 119 Å². The largest absolute Gasteiger partial charge is 0.348 e. The second-order valence-corrected chi connectivity index (χ2v) is 7.23. The highest BCUT2D eigenvalue weighted by Crippen LogP contribution is 2.22. The molecule has 0 unspecified atom stereocenters. The third kappa shape index (κ3) is 4.44. The second kappa shape index (κ2) is 5.86. The number of hydrogen-bond donors (Lipinski definition) is 1. The number of carbonyl (C=O) groups is 1. The third-order valence-electron chi connectivity index (χ3n) is 1.97. The highest BCUT2D eigenvalue weighted by Gasteiger charge is 2.15. The Kier molecular flexibility index (Phi) is 4.95. The van der Waals surface area contributed by atoms with Crippen LogP contribution in [0.4, 0.5) is 0 Å². The SMILES string of the molecule is C=C(C)CNC(=O)c1cc(Br)cc(S(=O)(=O)Cl)c1. The van der Waals surface area contributed by atoms with Gasteiger partial charge in [0.25, 0.3) is 15.0 Å². The summed E-state index contributed by atoms with van der Waals surface area (Å²) in [6.45, 7) is 5.76. The van der Waals surface area contributed by atoms with Crippen molar-refractivity contribution in [2.45, 2.75) is 11.8 Å². The van der Waals surface area contributed by atoms with Gasteiger partial charge in [-0.2, -0.15) is 0 Å². The van der Waals surface area contributed by atoms with Gasteiger partial charge in [-0.1, -0.05) is 28.1 Å². The summed E-state index contributed by atoms with van der Waals surface area (Å²) in [6, 6.07) is 4.07. The molecule has 1 aromatic carbocycles. The molecule has 98 valence electrons. The van der Waals surface area contributed by atoms with Crippen LogP contribution in [0, 0.1) is 0 Å². The molecule has 0 heterocycles. The Bertz CT molecular complexity index is 598. The number of carbonyl (C=O) groups excluding carboxylic acids is 1. The van der Waals surface area contributed by atoms with E-state index in [1.807, 2.05) is 0 Å². The van der Waals surface area contributed by atoms with Crippen LogP contribution in [0.1, 0.15) is 17.3 Å². The summed E-state index contributed by atoms with van der Waals surface area (Å²) in [5, 5.41) is 2.61. The minimum Gasteiger partial charge on any atom is -0.348 e. The Morgan fingerprint density at radius 2 is 2.06 bits per heavy atom. The first-order chi connectivity index (χ1) is 8.20. The summed E-state index contributed by atoms with van der Waals surface area (Å²) < 4.78 is 22.9. The van der Waals surface area contributed by atoms with Crippen molar-refractivity contribution in [3.05, 3.63) is 40.4 Å². The average Bonchev–Trinajstić information content (AvgIpc) is 2.23. The first-order valence-corrected chi connectivity index (χ1v) is 7.98. The first kappa shape index (κ1) is 15.2. The van der Waals surface area contributed by atoms with Crippen LogP contribution in [0.15, 0.2) is 39.7 Å². The zero-order valence-corrected chi connectivity index (χ0v) is 12.7. The third-order valence-corrected chi connectivity index (χ3v) is 3.76. The normalized spacial score (nSPS) is 11.1. The molecule has 0 saturated carbocycles. The lowest BCUT2D eigenvalue weighted by Crippen LogP contribution is -2.25. The summed E-state index contributed by atoms with van der Waals surface area (Å²) in [6.07, 6.45) is 0. The van der Waals surface area contributed by atoms with E-state index in [9.17, 15) is 13.2 Å². The van der Waals surface area contributed by atoms with Crippen LogP contribution in [-0.4, -0.2) is 20.9 Å². The van der Waals surface area contributed by atoms with Crippen molar-refractivity contribution in [1.82, 2.24) is 5.32 Å². The molecule has 0 saturated heterocycles. The molecule has 0 aliphatic heterocycles. The van der Waals surface area contributed by atoms with E-state index in [4.69, 9.17) is 10.7 Å². The molecule has 0 radical (unpaired) electrons. The zero-order chi connectivity index (χ0) is 13.9. The monoisotopic (exact) mass is 351 g/mol. The zero-order valence-electron chi connectivity index (χ0n) is 9.54. The number of nitrogens with one attached hydrogen (secondary N) is 1. The molecule has 18 heavy (non-hydrogen) atoms. The lowest BCUT2D eigenvalue weighted by atomic mass is 10.2. The second-order valence-electron chi connectivity index (χ2n) is 3.75. The molecule has 0 atom stereocenters. The van der Waals surface area contributed by atoms with E-state index < -0.39 is 9.05 Å². The molecule has 0 spiro atoms. The van der Waals surface area contributed by atoms with Crippen LogP contribution in [0.5, 0.6) is 0 Å². The summed E-state index contributed by atoms with van der Waals surface area (Å²) in [5.74, 6) is -0.388. The molecule has 1 rings (SSSR count). The Balaban J connectivity index is 3.07. The van der Waals surface area contributed by atoms with E-state index in [-0.39, 0.29) is 16.4 Å². The molecule has 7 heteroatoms. The van der Waals surface area contributed by atoms with E-state index in [2.05, 4.69) is 27.8 Å². The van der Waals surface area contributed by atoms with E-state index in [1.54, 1.807) is 6.92 Å². The first-order valence-electron chi connectivity index (χ1n) is 4.88. The molecule has 0 aromatic heterocycles. The summed E-state index contributed by atoms with van der Waals surface area (Å²) in [7, 11) is 1.37. The number of halogens is 2. The van der Waals surface area contributed by atoms with Gasteiger partial charge in [0.05, 0.1) is 4.90 Å². The predicted octanol–water partition coefficient (Wildman–Crippen LogP) is 2.68. The number of amides is 1. The van der Waals surface area contributed by atoms with Gasteiger partial charge < -0.3 is 5.32 Å². The quantitative estimate of drug-likeness (QED) is 0.669. The van der Waals surface area contributed by atoms with Gasteiger partial charge in [0.2, 0.25) is 0 Å². The van der Waals surface area contributed by atoms with Crippen molar-refractivity contribution >= 4 is 41.6 Å². The van der Waals surface area contributed by atoms with E-state index in [0.717, 1.165) is 5.57 Å². The molecule has 1 amide bonds. The summed E-state index contributed by atoms with van der Waals surface area (Å²) in [4.78, 5) is 11.6. The topological polar surface area (TPSA) is 63.2 Å². The molecule has 0 aliphatic carbocycles. The molecule has 0 aliphatic rings. The average molecular weight is 353 g/mol. The van der Waals surface area contributed by atoms with Gasteiger partial charge in [-0.3, -0.25) is 4.79 Å². The summed E-state index contributed by atoms with van der Waals surface area (Å²) in [5.41, 5.74) is 1.01. The number of benzene rings is 1. The summed E-state index contributed by atoms with van der Waals surface area (Å²) >= 11 is 3.13. The van der Waals surface area contributed by atoms with Crippen LogP contribution in [-0.2, 0) is 9.05 Å². The molecule has 0 fully saturated rings. The molecular weight excluding hydrogens is 342 g/mol. The maximum absolute atomic E-state index is 11.8. The van der Waals surface area contributed by atoms with Crippen LogP contribution >= 0.6 is 26.6 Å². The van der Waals surface area contributed by atoms with Crippen molar-refractivity contribution in [2.75, 3.05) is 6.54 Å². The van der Waals surface area contributed by atoms with E-state index in [1.165, 1.54) is 18.2 Å². The lowest BCUT2D eigenvalue weighted by Gasteiger charge is -2.06. The van der Waals surface area contributed by atoms with Gasteiger partial charge in [-0.05, 0) is 25.1 Å². The standard InChI is InChI=1S/C11H11BrClNO3S/c1-7(2)6-14-11(15)8-3-9(12)5-10(4-8)18(13,16)17/h3-5H,1,6H2,2H3,(H,14,15). The van der Waals surface area contributed by atoms with Crippen LogP contribution in [0.3, 0.4) is 0 Å². The molecule has 0 bridgehead atoms. The Hall–Kier alpha value is -0.850. The highest BCUT2D eigenvalue weighted by molar-refractivity contribution is 9.10. The molecule has 4 nitrogen and oxygen atoms in total. The van der Waals surface area contributed by atoms with E-state index in [0.29, 0.717) is 11.0 Å². The van der Waals surface area contributed by atoms with Crippen molar-refractivity contribution in [3.63, 3.8) is 0 Å². The number of rotatable bonds is 4. The maximum atomic E-state index is 11.8. The fraction of sp³-hybridized carbons (Fsp3) is 0.182. The van der Waals surface area contributed by atoms with Crippen LogP contribution in [0.2, 0.25) is 0 Å². The molecular formula is C11H11BrClNO3S. The van der Waals surface area contributed by atoms with Crippen molar-refractivity contribution in [1.29, 1.82) is 0 Å². The van der Waals surface area contributed by atoms with Crippen molar-refractivity contribution in [3.8, 4) is 0 Å². The Morgan fingerprint density at radius 3 is 2.56 bits per heavy atom. The Morgan fingerprint density at radius 1 is 1.44 bits per heavy atom. The fourth-order valence-corrected chi connectivity index (χ4v) is 2.62. The lowest BCUT2D eigenvalue weighted by molar-refractivity contribution is 0.0956. The van der Waals surface area contributed by atoms with Gasteiger partial charge in [-0.25, -0.2) is 8.42 Å².